The summed E-state index contributed by atoms with van der Waals surface area (Å²) in [4.78, 5) is 18.4. The van der Waals surface area contributed by atoms with Crippen LogP contribution in [0.2, 0.25) is 0 Å². The summed E-state index contributed by atoms with van der Waals surface area (Å²) in [5.41, 5.74) is 4.46. The van der Waals surface area contributed by atoms with Crippen molar-refractivity contribution in [2.75, 3.05) is 25.0 Å². The number of hydrogen-bond donors (Lipinski definition) is 2. The summed E-state index contributed by atoms with van der Waals surface area (Å²) in [7, 11) is 0. The summed E-state index contributed by atoms with van der Waals surface area (Å²) in [6, 6.07) is 14.7. The van der Waals surface area contributed by atoms with E-state index in [1.165, 1.54) is 12.1 Å². The average molecular weight is 519 g/mol. The van der Waals surface area contributed by atoms with Gasteiger partial charge < -0.3 is 15.5 Å². The van der Waals surface area contributed by atoms with Gasteiger partial charge in [-0.25, -0.2) is 18.0 Å². The lowest BCUT2D eigenvalue weighted by Crippen LogP contribution is -2.38. The lowest BCUT2D eigenvalue weighted by atomic mass is 10.00. The van der Waals surface area contributed by atoms with Crippen LogP contribution in [0.5, 0.6) is 0 Å². The maximum absolute atomic E-state index is 13.6. The largest absolute Gasteiger partial charge is 0.375 e. The van der Waals surface area contributed by atoms with Crippen LogP contribution in [0.4, 0.5) is 23.7 Å². The number of amides is 2. The van der Waals surface area contributed by atoms with E-state index < -0.39 is 5.92 Å². The molecule has 38 heavy (non-hydrogen) atoms. The third-order valence-corrected chi connectivity index (χ3v) is 6.31. The van der Waals surface area contributed by atoms with Crippen molar-refractivity contribution in [3.63, 3.8) is 0 Å². The van der Waals surface area contributed by atoms with Gasteiger partial charge in [0.1, 0.15) is 5.82 Å². The number of benzene rings is 2. The highest BCUT2D eigenvalue weighted by molar-refractivity contribution is 5.89. The first-order chi connectivity index (χ1) is 18.3. The Kier molecular flexibility index (Phi) is 8.70. The van der Waals surface area contributed by atoms with Crippen LogP contribution < -0.4 is 10.6 Å². The molecule has 1 aromatic heterocycles. The van der Waals surface area contributed by atoms with Gasteiger partial charge in [0.15, 0.2) is 0 Å². The SMILES string of the molecule is C=C(Cc1ccc(NC(=O)NCCc2cccnc2)cc1C#Cc1ccc(F)cc1)N1CCC(F)(F)CC1. The van der Waals surface area contributed by atoms with Gasteiger partial charge in [0, 0.05) is 73.8 Å². The van der Waals surface area contributed by atoms with Gasteiger partial charge in [-0.15, -0.1) is 0 Å². The van der Waals surface area contributed by atoms with E-state index in [1.54, 1.807) is 36.7 Å². The zero-order chi connectivity index (χ0) is 27.0. The number of anilines is 1. The Morgan fingerprint density at radius 3 is 2.55 bits per heavy atom. The molecule has 0 spiro atoms. The van der Waals surface area contributed by atoms with Gasteiger partial charge in [-0.05, 0) is 60.0 Å². The van der Waals surface area contributed by atoms with Crippen molar-refractivity contribution in [1.82, 2.24) is 15.2 Å². The number of likely N-dealkylation sites (tertiary alicyclic amines) is 1. The molecule has 8 heteroatoms. The van der Waals surface area contributed by atoms with E-state index in [1.807, 2.05) is 23.1 Å². The highest BCUT2D eigenvalue weighted by Crippen LogP contribution is 2.30. The number of alkyl halides is 2. The second-order valence-corrected chi connectivity index (χ2v) is 9.21. The van der Waals surface area contributed by atoms with E-state index in [2.05, 4.69) is 34.0 Å². The minimum atomic E-state index is -2.63. The van der Waals surface area contributed by atoms with E-state index in [4.69, 9.17) is 0 Å². The predicted molar refractivity (Wildman–Crippen MR) is 142 cm³/mol. The van der Waals surface area contributed by atoms with E-state index in [9.17, 15) is 18.0 Å². The molecule has 2 N–H and O–H groups in total. The van der Waals surface area contributed by atoms with Gasteiger partial charge in [-0.1, -0.05) is 30.6 Å². The molecule has 1 saturated heterocycles. The number of carbonyl (C=O) groups is 1. The first kappa shape index (κ1) is 26.8. The van der Waals surface area contributed by atoms with Gasteiger partial charge in [0.2, 0.25) is 0 Å². The van der Waals surface area contributed by atoms with E-state index in [-0.39, 0.29) is 37.8 Å². The Bertz CT molecular complexity index is 1320. The van der Waals surface area contributed by atoms with Crippen LogP contribution in [0.25, 0.3) is 0 Å². The first-order valence-corrected chi connectivity index (χ1v) is 12.4. The van der Waals surface area contributed by atoms with Crippen molar-refractivity contribution in [1.29, 1.82) is 0 Å². The van der Waals surface area contributed by atoms with Gasteiger partial charge in [0.05, 0.1) is 0 Å². The summed E-state index contributed by atoms with van der Waals surface area (Å²) in [5.74, 6) is 3.17. The molecule has 0 bridgehead atoms. The van der Waals surface area contributed by atoms with E-state index >= 15 is 0 Å². The smallest absolute Gasteiger partial charge is 0.319 e. The number of nitrogens with one attached hydrogen (secondary N) is 2. The van der Waals surface area contributed by atoms with Crippen LogP contribution in [-0.4, -0.2) is 41.5 Å². The van der Waals surface area contributed by atoms with Crippen molar-refractivity contribution in [3.05, 3.63) is 107 Å². The number of carbonyl (C=O) groups excluding carboxylic acids is 1. The molecular weight excluding hydrogens is 489 g/mol. The van der Waals surface area contributed by atoms with Crippen molar-refractivity contribution in [3.8, 4) is 11.8 Å². The van der Waals surface area contributed by atoms with Crippen LogP contribution >= 0.6 is 0 Å². The highest BCUT2D eigenvalue weighted by atomic mass is 19.3. The second-order valence-electron chi connectivity index (χ2n) is 9.21. The molecule has 0 aliphatic carbocycles. The molecule has 5 nitrogen and oxygen atoms in total. The number of nitrogens with zero attached hydrogens (tertiary/aromatic N) is 2. The number of halogens is 3. The van der Waals surface area contributed by atoms with Crippen LogP contribution in [-0.2, 0) is 12.8 Å². The molecule has 2 amide bonds. The Morgan fingerprint density at radius 1 is 1.08 bits per heavy atom. The quantitative estimate of drug-likeness (QED) is 0.391. The van der Waals surface area contributed by atoms with Crippen molar-refractivity contribution in [2.45, 2.75) is 31.6 Å². The number of pyridine rings is 1. The number of aromatic nitrogens is 1. The highest BCUT2D eigenvalue weighted by Gasteiger charge is 2.34. The van der Waals surface area contributed by atoms with Crippen molar-refractivity contribution in [2.24, 2.45) is 0 Å². The predicted octanol–water partition coefficient (Wildman–Crippen LogP) is 5.77. The summed E-state index contributed by atoms with van der Waals surface area (Å²) in [6.07, 6.45) is 4.15. The van der Waals surface area contributed by atoms with E-state index in [0.29, 0.717) is 36.2 Å². The Hall–Kier alpha value is -4.25. The Labute approximate surface area is 220 Å². The molecule has 1 fully saturated rings. The molecule has 0 unspecified atom stereocenters. The summed E-state index contributed by atoms with van der Waals surface area (Å²) < 4.78 is 40.5. The zero-order valence-corrected chi connectivity index (χ0v) is 20.9. The number of allylic oxidation sites excluding steroid dienone is 1. The van der Waals surface area contributed by atoms with Crippen LogP contribution in [0.15, 0.2) is 79.3 Å². The lowest BCUT2D eigenvalue weighted by molar-refractivity contribution is -0.0492. The second kappa shape index (κ2) is 12.3. The summed E-state index contributed by atoms with van der Waals surface area (Å²) in [6.45, 7) is 5.08. The lowest BCUT2D eigenvalue weighted by Gasteiger charge is -2.34. The average Bonchev–Trinajstić information content (AvgIpc) is 2.90. The molecule has 0 saturated carbocycles. The number of piperidine rings is 1. The van der Waals surface area contributed by atoms with Crippen LogP contribution in [0.1, 0.15) is 35.1 Å². The molecule has 3 aromatic rings. The van der Waals surface area contributed by atoms with Crippen LogP contribution in [0.3, 0.4) is 0 Å². The fourth-order valence-corrected chi connectivity index (χ4v) is 4.12. The Morgan fingerprint density at radius 2 is 1.84 bits per heavy atom. The molecule has 2 aromatic carbocycles. The maximum atomic E-state index is 13.6. The molecule has 0 radical (unpaired) electrons. The standard InChI is InChI=1S/C30H29F3N4O/c1-22(37-17-13-30(32,33)14-18-37)19-25-8-11-28(20-26(25)7-4-23-5-9-27(31)10-6-23)36-29(38)35-16-12-24-3-2-15-34-21-24/h2-3,5-6,8-11,15,20-21H,1,12-14,16-19H2,(H2,35,36,38). The number of urea groups is 1. The third-order valence-electron chi connectivity index (χ3n) is 6.31. The van der Waals surface area contributed by atoms with Gasteiger partial charge in [0.25, 0.3) is 5.92 Å². The molecule has 2 heterocycles. The molecule has 1 aliphatic rings. The fraction of sp³-hybridized carbons (Fsp3) is 0.267. The van der Waals surface area contributed by atoms with Crippen molar-refractivity contribution < 1.29 is 18.0 Å². The van der Waals surface area contributed by atoms with E-state index in [0.717, 1.165) is 16.8 Å². The monoisotopic (exact) mass is 518 g/mol. The Balaban J connectivity index is 1.46. The maximum Gasteiger partial charge on any atom is 0.319 e. The first-order valence-electron chi connectivity index (χ1n) is 12.4. The zero-order valence-electron chi connectivity index (χ0n) is 20.9. The number of hydrogen-bond acceptors (Lipinski definition) is 3. The third kappa shape index (κ3) is 7.87. The topological polar surface area (TPSA) is 57.3 Å². The van der Waals surface area contributed by atoms with Gasteiger partial charge in [-0.3, -0.25) is 4.98 Å². The minimum absolute atomic E-state index is 0.192. The molecular formula is C30H29F3N4O. The van der Waals surface area contributed by atoms with Gasteiger partial charge >= 0.3 is 6.03 Å². The van der Waals surface area contributed by atoms with Crippen molar-refractivity contribution >= 4 is 11.7 Å². The normalized spacial score (nSPS) is 14.2. The fourth-order valence-electron chi connectivity index (χ4n) is 4.12. The molecule has 196 valence electrons. The number of rotatable bonds is 7. The molecule has 0 atom stereocenters. The molecule has 4 rings (SSSR count). The summed E-state index contributed by atoms with van der Waals surface area (Å²) in [5, 5.41) is 5.66. The molecule has 1 aliphatic heterocycles. The summed E-state index contributed by atoms with van der Waals surface area (Å²) >= 11 is 0. The minimum Gasteiger partial charge on any atom is -0.375 e. The van der Waals surface area contributed by atoms with Crippen LogP contribution in [0, 0.1) is 17.7 Å². The van der Waals surface area contributed by atoms with Gasteiger partial charge in [-0.2, -0.15) is 0 Å².